The highest BCUT2D eigenvalue weighted by Crippen LogP contribution is 2.50. The molecule has 4 aromatic rings. The van der Waals surface area contributed by atoms with E-state index in [0.717, 1.165) is 39.5 Å². The van der Waals surface area contributed by atoms with Gasteiger partial charge in [-0.15, -0.1) is 0 Å². The molecule has 0 amide bonds. The average Bonchev–Trinajstić information content (AvgIpc) is 3.31. The highest BCUT2D eigenvalue weighted by molar-refractivity contribution is 5.85. The zero-order valence-corrected chi connectivity index (χ0v) is 17.2. The lowest BCUT2D eigenvalue weighted by molar-refractivity contribution is 0.223. The second-order valence-electron chi connectivity index (χ2n) is 7.71. The smallest absolute Gasteiger partial charge is 0.226 e. The number of nitrogens with zero attached hydrogens (tertiary/aromatic N) is 3. The lowest BCUT2D eigenvalue weighted by atomic mass is 9.84. The maximum absolute atomic E-state index is 13.7. The first kappa shape index (κ1) is 18.6. The molecule has 0 bridgehead atoms. The van der Waals surface area contributed by atoms with Gasteiger partial charge < -0.3 is 14.8 Å². The summed E-state index contributed by atoms with van der Waals surface area (Å²) >= 11 is 0. The minimum absolute atomic E-state index is 0.288. The Morgan fingerprint density at radius 1 is 1.00 bits per heavy atom. The number of hydrogen-bond donors (Lipinski definition) is 1. The van der Waals surface area contributed by atoms with Crippen molar-refractivity contribution in [1.82, 2.24) is 14.8 Å². The second kappa shape index (κ2) is 7.23. The van der Waals surface area contributed by atoms with Crippen LogP contribution in [-0.2, 0) is 0 Å². The standard InChI is InChI=1S/C25H19FN4O2/c1-31-18-6-4-5-16(13-18)23-21-22(29-25-27-14-28-30(23)25)19-7-2-3-8-20(19)32-24(21)15-9-11-17(26)12-10-15/h2-14,23-24H,1H3,(H,27,28,29)/t23-,24-/m1/s1. The van der Waals surface area contributed by atoms with Crippen molar-refractivity contribution in [2.45, 2.75) is 12.1 Å². The Morgan fingerprint density at radius 3 is 2.69 bits per heavy atom. The van der Waals surface area contributed by atoms with Crippen LogP contribution in [0, 0.1) is 5.82 Å². The van der Waals surface area contributed by atoms with E-state index in [0.29, 0.717) is 5.95 Å². The molecule has 0 spiro atoms. The molecule has 0 fully saturated rings. The summed E-state index contributed by atoms with van der Waals surface area (Å²) in [6, 6.07) is 21.9. The Kier molecular flexibility index (Phi) is 4.21. The molecule has 32 heavy (non-hydrogen) atoms. The molecule has 3 aromatic carbocycles. The molecule has 2 aliphatic heterocycles. The van der Waals surface area contributed by atoms with E-state index in [1.54, 1.807) is 19.2 Å². The van der Waals surface area contributed by atoms with Crippen molar-refractivity contribution in [2.75, 3.05) is 12.4 Å². The first-order valence-corrected chi connectivity index (χ1v) is 10.3. The SMILES string of the molecule is COc1cccc([C@@H]2C3=C(Nc4ncnn42)c2ccccc2O[C@@H]3c2ccc(F)cc2)c1. The second-order valence-corrected chi connectivity index (χ2v) is 7.71. The molecule has 158 valence electrons. The van der Waals surface area contributed by atoms with Gasteiger partial charge in [0.15, 0.2) is 0 Å². The molecule has 7 heteroatoms. The van der Waals surface area contributed by atoms with Crippen molar-refractivity contribution >= 4 is 11.6 Å². The van der Waals surface area contributed by atoms with Gasteiger partial charge in [-0.2, -0.15) is 10.1 Å². The summed E-state index contributed by atoms with van der Waals surface area (Å²) in [5.41, 5.74) is 4.69. The Labute approximate surface area is 183 Å². The molecule has 0 unspecified atom stereocenters. The van der Waals surface area contributed by atoms with Crippen molar-refractivity contribution in [1.29, 1.82) is 0 Å². The van der Waals surface area contributed by atoms with E-state index >= 15 is 0 Å². The fourth-order valence-electron chi connectivity index (χ4n) is 4.46. The van der Waals surface area contributed by atoms with Crippen LogP contribution in [0.4, 0.5) is 10.3 Å². The van der Waals surface area contributed by atoms with Crippen LogP contribution in [0.3, 0.4) is 0 Å². The number of fused-ring (bicyclic) bond motifs is 3. The maximum atomic E-state index is 13.7. The third-order valence-electron chi connectivity index (χ3n) is 5.90. The van der Waals surface area contributed by atoms with E-state index in [4.69, 9.17) is 9.47 Å². The largest absolute Gasteiger partial charge is 0.497 e. The molecule has 2 atom stereocenters. The fraction of sp³-hybridized carbons (Fsp3) is 0.120. The van der Waals surface area contributed by atoms with Crippen LogP contribution in [0.2, 0.25) is 0 Å². The number of nitrogens with one attached hydrogen (secondary N) is 1. The number of ether oxygens (including phenoxy) is 2. The Hall–Kier alpha value is -4.13. The summed E-state index contributed by atoms with van der Waals surface area (Å²) in [5, 5.41) is 7.97. The summed E-state index contributed by atoms with van der Waals surface area (Å²) in [5.74, 6) is 1.86. The number of methoxy groups -OCH3 is 1. The highest BCUT2D eigenvalue weighted by Gasteiger charge is 2.40. The first-order chi connectivity index (χ1) is 15.7. The van der Waals surface area contributed by atoms with Crippen LogP contribution in [0.1, 0.15) is 28.8 Å². The summed E-state index contributed by atoms with van der Waals surface area (Å²) < 4.78 is 27.5. The minimum Gasteiger partial charge on any atom is -0.497 e. The quantitative estimate of drug-likeness (QED) is 0.500. The number of para-hydroxylation sites is 1. The third-order valence-corrected chi connectivity index (χ3v) is 5.90. The molecule has 0 saturated heterocycles. The van der Waals surface area contributed by atoms with E-state index in [2.05, 4.69) is 15.4 Å². The van der Waals surface area contributed by atoms with Crippen LogP contribution in [0.25, 0.3) is 5.70 Å². The average molecular weight is 426 g/mol. The van der Waals surface area contributed by atoms with Crippen LogP contribution in [0.5, 0.6) is 11.5 Å². The van der Waals surface area contributed by atoms with Crippen LogP contribution >= 0.6 is 0 Å². The summed E-state index contributed by atoms with van der Waals surface area (Å²) in [7, 11) is 1.65. The number of halogens is 1. The minimum atomic E-state index is -0.443. The van der Waals surface area contributed by atoms with Crippen LogP contribution in [0.15, 0.2) is 84.7 Å². The number of hydrogen-bond acceptors (Lipinski definition) is 5. The van der Waals surface area contributed by atoms with E-state index in [1.165, 1.54) is 18.5 Å². The predicted molar refractivity (Wildman–Crippen MR) is 118 cm³/mol. The molecular weight excluding hydrogens is 407 g/mol. The Balaban J connectivity index is 1.62. The number of aromatic nitrogens is 3. The van der Waals surface area contributed by atoms with Crippen molar-refractivity contribution < 1.29 is 13.9 Å². The molecule has 1 N–H and O–H groups in total. The van der Waals surface area contributed by atoms with Gasteiger partial charge in [0.25, 0.3) is 0 Å². The Morgan fingerprint density at radius 2 is 1.84 bits per heavy atom. The van der Waals surface area contributed by atoms with Crippen molar-refractivity contribution in [2.24, 2.45) is 0 Å². The van der Waals surface area contributed by atoms with Gasteiger partial charge >= 0.3 is 0 Å². The van der Waals surface area contributed by atoms with Gasteiger partial charge in [0.1, 0.15) is 35.8 Å². The van der Waals surface area contributed by atoms with E-state index in [1.807, 2.05) is 53.2 Å². The zero-order valence-electron chi connectivity index (χ0n) is 17.2. The Bertz CT molecular complexity index is 1350. The lowest BCUT2D eigenvalue weighted by Crippen LogP contribution is -2.32. The van der Waals surface area contributed by atoms with Gasteiger partial charge in [0, 0.05) is 11.1 Å². The molecule has 1 aromatic heterocycles. The third kappa shape index (κ3) is 2.85. The van der Waals surface area contributed by atoms with Gasteiger partial charge in [-0.05, 0) is 47.5 Å². The monoisotopic (exact) mass is 426 g/mol. The lowest BCUT2D eigenvalue weighted by Gasteiger charge is -2.39. The van der Waals surface area contributed by atoms with Gasteiger partial charge in [-0.1, -0.05) is 36.4 Å². The van der Waals surface area contributed by atoms with Gasteiger partial charge in [-0.3, -0.25) is 0 Å². The summed E-state index contributed by atoms with van der Waals surface area (Å²) in [4.78, 5) is 4.43. The molecule has 0 saturated carbocycles. The van der Waals surface area contributed by atoms with Crippen LogP contribution in [-0.4, -0.2) is 21.9 Å². The molecule has 2 aliphatic rings. The normalized spacial score (nSPS) is 18.7. The topological polar surface area (TPSA) is 61.2 Å². The predicted octanol–water partition coefficient (Wildman–Crippen LogP) is 4.99. The number of anilines is 1. The molecular formula is C25H19FN4O2. The number of benzene rings is 3. The maximum Gasteiger partial charge on any atom is 0.226 e. The molecule has 6 rings (SSSR count). The van der Waals surface area contributed by atoms with Crippen molar-refractivity contribution in [3.05, 3.63) is 107 Å². The summed E-state index contributed by atoms with van der Waals surface area (Å²) in [6.07, 6.45) is 1.09. The van der Waals surface area contributed by atoms with Crippen molar-refractivity contribution in [3.63, 3.8) is 0 Å². The molecule has 0 aliphatic carbocycles. The van der Waals surface area contributed by atoms with Crippen molar-refractivity contribution in [3.8, 4) is 11.5 Å². The molecule has 6 nitrogen and oxygen atoms in total. The molecule has 0 radical (unpaired) electrons. The van der Waals surface area contributed by atoms with Gasteiger partial charge in [0.2, 0.25) is 5.95 Å². The van der Waals surface area contributed by atoms with E-state index in [9.17, 15) is 4.39 Å². The van der Waals surface area contributed by atoms with E-state index in [-0.39, 0.29) is 11.9 Å². The first-order valence-electron chi connectivity index (χ1n) is 10.3. The van der Waals surface area contributed by atoms with Gasteiger partial charge in [-0.25, -0.2) is 9.07 Å². The highest BCUT2D eigenvalue weighted by atomic mass is 19.1. The zero-order chi connectivity index (χ0) is 21.7. The van der Waals surface area contributed by atoms with E-state index < -0.39 is 6.10 Å². The number of rotatable bonds is 3. The van der Waals surface area contributed by atoms with Crippen LogP contribution < -0.4 is 14.8 Å². The fourth-order valence-corrected chi connectivity index (χ4v) is 4.46. The van der Waals surface area contributed by atoms with Gasteiger partial charge in [0.05, 0.1) is 12.8 Å². The summed E-state index contributed by atoms with van der Waals surface area (Å²) in [6.45, 7) is 0. The molecule has 3 heterocycles.